The Morgan fingerprint density at radius 1 is 1.29 bits per heavy atom. The quantitative estimate of drug-likeness (QED) is 0.901. The maximum atomic E-state index is 12.2. The Kier molecular flexibility index (Phi) is 5.43. The number of carbonyl (C=O) groups excluding carboxylic acids is 1. The molecule has 2 fully saturated rings. The number of carbonyl (C=O) groups is 1. The molecular formula is C17H25ClN4O2. The Morgan fingerprint density at radius 3 is 2.62 bits per heavy atom. The minimum atomic E-state index is -0.277. The van der Waals surface area contributed by atoms with Crippen molar-refractivity contribution in [1.82, 2.24) is 15.1 Å². The molecule has 1 aromatic rings. The highest BCUT2D eigenvalue weighted by molar-refractivity contribution is 6.33. The van der Waals surface area contributed by atoms with Crippen molar-refractivity contribution in [2.75, 3.05) is 18.0 Å². The molecule has 1 saturated carbocycles. The van der Waals surface area contributed by atoms with E-state index in [2.05, 4.69) is 15.3 Å². The summed E-state index contributed by atoms with van der Waals surface area (Å²) in [7, 11) is 1.59. The predicted molar refractivity (Wildman–Crippen MR) is 94.4 cm³/mol. The van der Waals surface area contributed by atoms with Crippen molar-refractivity contribution < 1.29 is 4.79 Å². The van der Waals surface area contributed by atoms with Crippen LogP contribution in [0, 0.1) is 5.92 Å². The highest BCUT2D eigenvalue weighted by Crippen LogP contribution is 2.28. The van der Waals surface area contributed by atoms with Crippen LogP contribution >= 0.6 is 11.6 Å². The van der Waals surface area contributed by atoms with Gasteiger partial charge in [0.15, 0.2) is 0 Å². The Bertz CT molecular complexity index is 646. The molecule has 7 heteroatoms. The summed E-state index contributed by atoms with van der Waals surface area (Å²) in [6, 6.07) is 0.216. The topological polar surface area (TPSA) is 67.2 Å². The third-order valence-electron chi connectivity index (χ3n) is 5.21. The highest BCUT2D eigenvalue weighted by atomic mass is 35.5. The Balaban J connectivity index is 1.51. The fourth-order valence-electron chi connectivity index (χ4n) is 3.75. The van der Waals surface area contributed by atoms with Crippen molar-refractivity contribution in [3.05, 3.63) is 21.6 Å². The van der Waals surface area contributed by atoms with Crippen LogP contribution in [-0.4, -0.2) is 34.8 Å². The van der Waals surface area contributed by atoms with E-state index in [1.54, 1.807) is 13.2 Å². The number of anilines is 1. The molecule has 0 unspecified atom stereocenters. The molecule has 6 nitrogen and oxygen atoms in total. The van der Waals surface area contributed by atoms with Crippen molar-refractivity contribution in [3.8, 4) is 0 Å². The van der Waals surface area contributed by atoms with E-state index in [0.29, 0.717) is 18.0 Å². The summed E-state index contributed by atoms with van der Waals surface area (Å²) < 4.78 is 1.24. The van der Waals surface area contributed by atoms with Gasteiger partial charge in [-0.25, -0.2) is 4.68 Å². The van der Waals surface area contributed by atoms with E-state index >= 15 is 0 Å². The van der Waals surface area contributed by atoms with E-state index in [-0.39, 0.29) is 22.5 Å². The molecule has 1 aliphatic carbocycles. The van der Waals surface area contributed by atoms with Crippen LogP contribution in [0.15, 0.2) is 11.0 Å². The van der Waals surface area contributed by atoms with Crippen molar-refractivity contribution in [2.45, 2.75) is 51.0 Å². The number of nitrogens with one attached hydrogen (secondary N) is 1. The maximum absolute atomic E-state index is 12.2. The summed E-state index contributed by atoms with van der Waals surface area (Å²) in [6.45, 7) is 1.53. The number of aromatic nitrogens is 2. The Morgan fingerprint density at radius 2 is 1.96 bits per heavy atom. The number of amides is 1. The molecule has 0 spiro atoms. The number of rotatable bonds is 4. The molecule has 0 atom stereocenters. The first-order chi connectivity index (χ1) is 11.5. The fourth-order valence-corrected chi connectivity index (χ4v) is 4.04. The zero-order valence-corrected chi connectivity index (χ0v) is 14.9. The number of halogens is 1. The van der Waals surface area contributed by atoms with E-state index in [0.717, 1.165) is 25.9 Å². The lowest BCUT2D eigenvalue weighted by Gasteiger charge is -2.34. The monoisotopic (exact) mass is 352 g/mol. The first-order valence-corrected chi connectivity index (χ1v) is 9.18. The van der Waals surface area contributed by atoms with Crippen LogP contribution in [0.3, 0.4) is 0 Å². The van der Waals surface area contributed by atoms with E-state index in [4.69, 9.17) is 11.6 Å². The number of piperidine rings is 1. The molecule has 1 aliphatic heterocycles. The summed E-state index contributed by atoms with van der Waals surface area (Å²) in [6.07, 6.45) is 8.96. The first-order valence-electron chi connectivity index (χ1n) is 8.80. The van der Waals surface area contributed by atoms with Crippen LogP contribution in [0.5, 0.6) is 0 Å². The lowest BCUT2D eigenvalue weighted by molar-refractivity contribution is -0.122. The number of aryl methyl sites for hydroxylation is 1. The van der Waals surface area contributed by atoms with Crippen molar-refractivity contribution in [2.24, 2.45) is 13.0 Å². The van der Waals surface area contributed by atoms with Gasteiger partial charge in [0.2, 0.25) is 5.91 Å². The highest BCUT2D eigenvalue weighted by Gasteiger charge is 2.25. The summed E-state index contributed by atoms with van der Waals surface area (Å²) in [5, 5.41) is 7.44. The molecule has 1 saturated heterocycles. The third-order valence-corrected chi connectivity index (χ3v) is 5.56. The van der Waals surface area contributed by atoms with E-state index in [1.165, 1.54) is 30.4 Å². The zero-order valence-electron chi connectivity index (χ0n) is 14.1. The molecule has 24 heavy (non-hydrogen) atoms. The van der Waals surface area contributed by atoms with E-state index < -0.39 is 0 Å². The van der Waals surface area contributed by atoms with Crippen molar-refractivity contribution >= 4 is 23.2 Å². The smallest absolute Gasteiger partial charge is 0.287 e. The lowest BCUT2D eigenvalue weighted by Crippen LogP contribution is -2.45. The summed E-state index contributed by atoms with van der Waals surface area (Å²) in [5.74, 6) is 0.768. The van der Waals surface area contributed by atoms with Crippen molar-refractivity contribution in [1.29, 1.82) is 0 Å². The lowest BCUT2D eigenvalue weighted by atomic mass is 10.0. The van der Waals surface area contributed by atoms with Gasteiger partial charge in [0.05, 0.1) is 11.9 Å². The average Bonchev–Trinajstić information content (AvgIpc) is 3.07. The Labute approximate surface area is 147 Å². The van der Waals surface area contributed by atoms with Crippen LogP contribution in [0.4, 0.5) is 5.69 Å². The molecule has 2 heterocycles. The van der Waals surface area contributed by atoms with Crippen LogP contribution in [-0.2, 0) is 11.8 Å². The Hall–Kier alpha value is -1.56. The number of nitrogens with zero attached hydrogens (tertiary/aromatic N) is 3. The minimum absolute atomic E-state index is 0.189. The largest absolute Gasteiger partial charge is 0.369 e. The van der Waals surface area contributed by atoms with Gasteiger partial charge < -0.3 is 10.2 Å². The fraction of sp³-hybridized carbons (Fsp3) is 0.706. The average molecular weight is 353 g/mol. The molecule has 1 N–H and O–H groups in total. The molecule has 0 aromatic carbocycles. The summed E-state index contributed by atoms with van der Waals surface area (Å²) >= 11 is 6.16. The van der Waals surface area contributed by atoms with Gasteiger partial charge >= 0.3 is 0 Å². The van der Waals surface area contributed by atoms with E-state index in [1.807, 2.05) is 0 Å². The SMILES string of the molecule is Cn1ncc(N2CCC(NC(=O)CC3CCCC3)CC2)c(Cl)c1=O. The van der Waals surface area contributed by atoms with Gasteiger partial charge in [-0.2, -0.15) is 5.10 Å². The van der Waals surface area contributed by atoms with Crippen LogP contribution < -0.4 is 15.8 Å². The third kappa shape index (κ3) is 3.91. The van der Waals surface area contributed by atoms with Gasteiger partial charge in [0.1, 0.15) is 5.02 Å². The standard InChI is InChI=1S/C17H25ClN4O2/c1-21-17(24)16(18)14(11-19-21)22-8-6-13(7-9-22)20-15(23)10-12-4-2-3-5-12/h11-13H,2-10H2,1H3,(H,20,23). The van der Waals surface area contributed by atoms with Gasteiger partial charge in [-0.3, -0.25) is 9.59 Å². The van der Waals surface area contributed by atoms with Gasteiger partial charge in [0, 0.05) is 32.6 Å². The molecule has 0 bridgehead atoms. The number of hydrogen-bond acceptors (Lipinski definition) is 4. The summed E-state index contributed by atoms with van der Waals surface area (Å²) in [4.78, 5) is 26.1. The maximum Gasteiger partial charge on any atom is 0.287 e. The summed E-state index contributed by atoms with van der Waals surface area (Å²) in [5.41, 5.74) is 0.414. The molecule has 2 aliphatic rings. The normalized spacial score (nSPS) is 19.7. The van der Waals surface area contributed by atoms with Gasteiger partial charge in [0.25, 0.3) is 5.56 Å². The van der Waals surface area contributed by atoms with E-state index in [9.17, 15) is 9.59 Å². The van der Waals surface area contributed by atoms with Gasteiger partial charge in [-0.1, -0.05) is 24.4 Å². The second kappa shape index (κ2) is 7.55. The molecule has 3 rings (SSSR count). The van der Waals surface area contributed by atoms with Gasteiger partial charge in [-0.15, -0.1) is 0 Å². The van der Waals surface area contributed by atoms with Gasteiger partial charge in [-0.05, 0) is 31.6 Å². The first kappa shape index (κ1) is 17.3. The molecular weight excluding hydrogens is 328 g/mol. The van der Waals surface area contributed by atoms with Crippen molar-refractivity contribution in [3.63, 3.8) is 0 Å². The molecule has 1 amide bonds. The second-order valence-electron chi connectivity index (χ2n) is 6.96. The molecule has 0 radical (unpaired) electrons. The second-order valence-corrected chi connectivity index (χ2v) is 7.33. The zero-order chi connectivity index (χ0) is 17.1. The number of hydrogen-bond donors (Lipinski definition) is 1. The minimum Gasteiger partial charge on any atom is -0.369 e. The predicted octanol–water partition coefficient (Wildman–Crippen LogP) is 2.10. The van der Waals surface area contributed by atoms with Crippen LogP contribution in [0.2, 0.25) is 5.02 Å². The molecule has 132 valence electrons. The molecule has 1 aromatic heterocycles. The van der Waals surface area contributed by atoms with Crippen LogP contribution in [0.1, 0.15) is 44.9 Å². The van der Waals surface area contributed by atoms with Crippen LogP contribution in [0.25, 0.3) is 0 Å².